The van der Waals surface area contributed by atoms with E-state index in [0.717, 1.165) is 38.7 Å². The van der Waals surface area contributed by atoms with Crippen molar-refractivity contribution in [3.63, 3.8) is 0 Å². The van der Waals surface area contributed by atoms with E-state index in [1.807, 2.05) is 66.9 Å². The van der Waals surface area contributed by atoms with Crippen molar-refractivity contribution < 1.29 is 14.4 Å². The molecule has 13 heteroatoms. The van der Waals surface area contributed by atoms with E-state index >= 15 is 0 Å². The number of halogens is 1. The number of nitrogens with one attached hydrogen (secondary N) is 3. The fourth-order valence-electron chi connectivity index (χ4n) is 7.37. The maximum absolute atomic E-state index is 14.6. The normalized spacial score (nSPS) is 18.4. The molecule has 0 unspecified atom stereocenters. The number of benzene rings is 3. The van der Waals surface area contributed by atoms with E-state index < -0.39 is 18.0 Å². The Hall–Kier alpha value is -5.03. The number of carbonyl (C=O) groups is 3. The number of aromatic amines is 1. The maximum Gasteiger partial charge on any atom is 0.243 e. The van der Waals surface area contributed by atoms with Crippen LogP contribution in [0.4, 0.5) is 0 Å². The summed E-state index contributed by atoms with van der Waals surface area (Å²) in [6, 6.07) is 23.5. The molecular weight excluding hydrogens is 756 g/mol. The zero-order valence-electron chi connectivity index (χ0n) is 32.1. The SMILES string of the molecule is CN1C(=O)[C@H](CCCCN)CC(=O)[C@H](CCCN)NCc2cccnc2Sc2c(Cl)cc(-c3ccc(C#N)cc3)cc2CNC(=O)[C@@H]1Cc1c[nH]c2ccccc12. The van der Waals surface area contributed by atoms with Crippen molar-refractivity contribution in [1.29, 1.82) is 5.26 Å². The number of likely N-dealkylation sites (N-methyl/N-ethyl adjacent to an activating group) is 1. The number of carbonyl (C=O) groups excluding carboxylic acids is 3. The maximum atomic E-state index is 14.6. The van der Waals surface area contributed by atoms with Crippen LogP contribution in [-0.2, 0) is 33.9 Å². The van der Waals surface area contributed by atoms with Gasteiger partial charge in [0, 0.05) is 67.1 Å². The summed E-state index contributed by atoms with van der Waals surface area (Å²) in [5.41, 5.74) is 17.4. The Morgan fingerprint density at radius 2 is 1.72 bits per heavy atom. The summed E-state index contributed by atoms with van der Waals surface area (Å²) >= 11 is 8.51. The first-order valence-corrected chi connectivity index (χ1v) is 20.6. The fraction of sp³-hybridized carbons (Fsp3) is 0.341. The highest BCUT2D eigenvalue weighted by Gasteiger charge is 2.34. The van der Waals surface area contributed by atoms with Crippen molar-refractivity contribution in [2.75, 3.05) is 20.1 Å². The number of amides is 2. The van der Waals surface area contributed by atoms with Crippen molar-refractivity contribution in [3.8, 4) is 17.2 Å². The van der Waals surface area contributed by atoms with Crippen molar-refractivity contribution in [2.45, 2.75) is 80.0 Å². The van der Waals surface area contributed by atoms with Gasteiger partial charge in [0.1, 0.15) is 11.1 Å². The number of ketones is 1. The van der Waals surface area contributed by atoms with Gasteiger partial charge in [-0.05, 0) is 103 Å². The number of pyridine rings is 1. The molecule has 0 fully saturated rings. The van der Waals surface area contributed by atoms with Gasteiger partial charge in [-0.15, -0.1) is 0 Å². The zero-order valence-corrected chi connectivity index (χ0v) is 33.7. The summed E-state index contributed by atoms with van der Waals surface area (Å²) in [5, 5.41) is 18.2. The van der Waals surface area contributed by atoms with E-state index in [-0.39, 0.29) is 37.0 Å². The third kappa shape index (κ3) is 10.3. The number of Topliss-reactive ketones (excluding diaryl/α,β-unsaturated/α-hetero) is 1. The lowest BCUT2D eigenvalue weighted by Gasteiger charge is -2.31. The highest BCUT2D eigenvalue weighted by Crippen LogP contribution is 2.40. The highest BCUT2D eigenvalue weighted by molar-refractivity contribution is 7.99. The molecule has 0 aliphatic carbocycles. The van der Waals surface area contributed by atoms with Gasteiger partial charge < -0.3 is 32.0 Å². The van der Waals surface area contributed by atoms with Crippen LogP contribution in [0.25, 0.3) is 22.0 Å². The van der Waals surface area contributed by atoms with Crippen molar-refractivity contribution in [2.24, 2.45) is 17.4 Å². The molecule has 2 aromatic heterocycles. The van der Waals surface area contributed by atoms with Gasteiger partial charge in [-0.1, -0.05) is 66.2 Å². The molecule has 296 valence electrons. The second kappa shape index (κ2) is 19.9. The van der Waals surface area contributed by atoms with E-state index in [2.05, 4.69) is 21.7 Å². The summed E-state index contributed by atoms with van der Waals surface area (Å²) < 4.78 is 0. The summed E-state index contributed by atoms with van der Waals surface area (Å²) in [7, 11) is 1.66. The molecule has 3 atom stereocenters. The summed E-state index contributed by atoms with van der Waals surface area (Å²) in [6.07, 6.45) is 6.84. The van der Waals surface area contributed by atoms with Crippen LogP contribution in [0.1, 0.15) is 60.8 Å². The molecule has 2 amide bonds. The Morgan fingerprint density at radius 3 is 2.49 bits per heavy atom. The lowest BCUT2D eigenvalue weighted by Crippen LogP contribution is -2.51. The van der Waals surface area contributed by atoms with E-state index in [9.17, 15) is 19.6 Å². The quantitative estimate of drug-likeness (QED) is 0.0984. The van der Waals surface area contributed by atoms with Crippen LogP contribution in [0.3, 0.4) is 0 Å². The van der Waals surface area contributed by atoms with E-state index in [1.165, 1.54) is 16.7 Å². The molecule has 0 bridgehead atoms. The van der Waals surface area contributed by atoms with Crippen LogP contribution < -0.4 is 22.1 Å². The van der Waals surface area contributed by atoms with Crippen molar-refractivity contribution in [1.82, 2.24) is 25.5 Å². The van der Waals surface area contributed by atoms with Gasteiger partial charge in [0.05, 0.1) is 22.7 Å². The zero-order chi connectivity index (χ0) is 40.3. The highest BCUT2D eigenvalue weighted by atomic mass is 35.5. The Kier molecular flexibility index (Phi) is 14.5. The smallest absolute Gasteiger partial charge is 0.243 e. The van der Waals surface area contributed by atoms with Gasteiger partial charge in [0.15, 0.2) is 5.78 Å². The predicted octanol–water partition coefficient (Wildman–Crippen LogP) is 6.51. The van der Waals surface area contributed by atoms with Crippen LogP contribution in [0.5, 0.6) is 0 Å². The molecule has 0 radical (unpaired) electrons. The largest absolute Gasteiger partial charge is 0.361 e. The Morgan fingerprint density at radius 1 is 0.930 bits per heavy atom. The second-order valence-corrected chi connectivity index (χ2v) is 15.9. The topological polar surface area (TPSA) is 183 Å². The molecule has 1 aliphatic rings. The summed E-state index contributed by atoms with van der Waals surface area (Å²) in [6.45, 7) is 1.35. The first-order valence-electron chi connectivity index (χ1n) is 19.4. The number of hydrogen-bond donors (Lipinski definition) is 5. The van der Waals surface area contributed by atoms with Gasteiger partial charge in [-0.2, -0.15) is 5.26 Å². The van der Waals surface area contributed by atoms with E-state index in [1.54, 1.807) is 25.4 Å². The van der Waals surface area contributed by atoms with Gasteiger partial charge in [-0.3, -0.25) is 14.4 Å². The lowest BCUT2D eigenvalue weighted by molar-refractivity contribution is -0.143. The Balaban J connectivity index is 1.45. The van der Waals surface area contributed by atoms with Crippen LogP contribution in [0, 0.1) is 17.2 Å². The number of H-pyrrole nitrogens is 1. The summed E-state index contributed by atoms with van der Waals surface area (Å²) in [4.78, 5) is 53.7. The minimum Gasteiger partial charge on any atom is -0.361 e. The molecule has 3 heterocycles. The first kappa shape index (κ1) is 41.6. The molecule has 0 saturated heterocycles. The van der Waals surface area contributed by atoms with Crippen LogP contribution in [-0.4, -0.2) is 64.7 Å². The molecule has 57 heavy (non-hydrogen) atoms. The number of fused-ring (bicyclic) bond motifs is 3. The number of rotatable bonds is 10. The van der Waals surface area contributed by atoms with Crippen LogP contribution in [0.15, 0.2) is 95.1 Å². The molecular formula is C44H49ClN8O3S. The standard InChI is InChI=1S/C44H49ClN8O3S/c1-53-39(22-33-26-50-37-11-3-2-10-35(33)37)42(55)52-27-34-20-32(29-15-13-28(24-48)14-16-29)21-36(45)41(34)57-43-31(9-7-19-49-43)25-51-38(12-6-18-47)40(54)23-30(44(53)56)8-4-5-17-46/h2-3,7,9-11,13-16,19-21,26,30,38-39,50-51H,4-6,8,12,17-18,22-23,25,27,46-47H2,1H3,(H,52,55)/t30-,38+,39+/m1/s1. The number of unbranched alkanes of at least 4 members (excludes halogenated alkanes) is 1. The number of nitrogens with zero attached hydrogens (tertiary/aromatic N) is 3. The fourth-order valence-corrected chi connectivity index (χ4v) is 8.72. The van der Waals surface area contributed by atoms with Gasteiger partial charge in [0.2, 0.25) is 11.8 Å². The van der Waals surface area contributed by atoms with E-state index in [4.69, 9.17) is 28.1 Å². The van der Waals surface area contributed by atoms with Crippen molar-refractivity contribution in [3.05, 3.63) is 112 Å². The van der Waals surface area contributed by atoms with Crippen LogP contribution in [0.2, 0.25) is 5.02 Å². The number of nitriles is 1. The lowest BCUT2D eigenvalue weighted by atomic mass is 9.90. The average molecular weight is 805 g/mol. The number of hydrogen-bond acceptors (Lipinski definition) is 9. The Labute approximate surface area is 342 Å². The second-order valence-electron chi connectivity index (χ2n) is 14.5. The molecule has 5 aromatic rings. The van der Waals surface area contributed by atoms with Gasteiger partial charge in [0.25, 0.3) is 0 Å². The number of aromatic nitrogens is 2. The average Bonchev–Trinajstić information content (AvgIpc) is 3.64. The Bertz CT molecular complexity index is 2240. The summed E-state index contributed by atoms with van der Waals surface area (Å²) in [5.74, 6) is -1.33. The van der Waals surface area contributed by atoms with Crippen molar-refractivity contribution >= 4 is 51.9 Å². The van der Waals surface area contributed by atoms with Crippen LogP contribution >= 0.6 is 23.4 Å². The first-order chi connectivity index (χ1) is 27.7. The van der Waals surface area contributed by atoms with E-state index in [0.29, 0.717) is 72.2 Å². The van der Waals surface area contributed by atoms with Gasteiger partial charge >= 0.3 is 0 Å². The minimum absolute atomic E-state index is 0.0191. The molecule has 3 aromatic carbocycles. The third-order valence-corrected chi connectivity index (χ3v) is 12.3. The predicted molar refractivity (Wildman–Crippen MR) is 225 cm³/mol. The number of nitrogens with two attached hydrogens (primary N) is 2. The molecule has 0 saturated carbocycles. The molecule has 11 nitrogen and oxygen atoms in total. The molecule has 6 rings (SSSR count). The molecule has 0 spiro atoms. The van der Waals surface area contributed by atoms with Gasteiger partial charge in [-0.25, -0.2) is 4.98 Å². The minimum atomic E-state index is -0.902. The monoisotopic (exact) mass is 804 g/mol. The molecule has 1 aliphatic heterocycles. The molecule has 7 N–H and O–H groups in total. The third-order valence-electron chi connectivity index (χ3n) is 10.6. The number of para-hydroxylation sites is 1.